The van der Waals surface area contributed by atoms with Gasteiger partial charge in [-0.2, -0.15) is 0 Å². The fourth-order valence-electron chi connectivity index (χ4n) is 3.09. The van der Waals surface area contributed by atoms with E-state index in [1.165, 1.54) is 83.5 Å². The second-order valence-electron chi connectivity index (χ2n) is 7.02. The second-order valence-corrected chi connectivity index (χ2v) is 7.02. The molecule has 0 aromatic heterocycles. The predicted octanol–water partition coefficient (Wildman–Crippen LogP) is 6.59. The van der Waals surface area contributed by atoms with Crippen molar-refractivity contribution in [2.45, 2.75) is 103 Å². The van der Waals surface area contributed by atoms with Gasteiger partial charge in [-0.15, -0.1) is 0 Å². The highest BCUT2D eigenvalue weighted by atomic mass is 16.7. The fraction of sp³-hybridized carbons (Fsp3) is 0.909. The summed E-state index contributed by atoms with van der Waals surface area (Å²) >= 11 is 0. The van der Waals surface area contributed by atoms with Crippen LogP contribution in [0, 0.1) is 0 Å². The molecule has 0 saturated heterocycles. The van der Waals surface area contributed by atoms with Crippen LogP contribution in [-0.2, 0) is 18.9 Å². The minimum atomic E-state index is -0.0126. The van der Waals surface area contributed by atoms with E-state index in [1.807, 2.05) is 0 Å². The highest BCUT2D eigenvalue weighted by Gasteiger charge is 2.03. The Kier molecular flexibility index (Phi) is 22.0. The van der Waals surface area contributed by atoms with Crippen LogP contribution in [0.3, 0.4) is 0 Å². The van der Waals surface area contributed by atoms with Crippen molar-refractivity contribution in [2.75, 3.05) is 28.1 Å². The van der Waals surface area contributed by atoms with E-state index < -0.39 is 0 Å². The van der Waals surface area contributed by atoms with Gasteiger partial charge in [0, 0.05) is 21.3 Å². The zero-order chi connectivity index (χ0) is 19.1. The summed E-state index contributed by atoms with van der Waals surface area (Å²) in [5.74, 6) is 0. The maximum absolute atomic E-state index is 5.20. The molecule has 0 aliphatic heterocycles. The van der Waals surface area contributed by atoms with E-state index in [2.05, 4.69) is 6.08 Å². The average Bonchev–Trinajstić information content (AvgIpc) is 2.66. The van der Waals surface area contributed by atoms with Gasteiger partial charge >= 0.3 is 0 Å². The normalized spacial score (nSPS) is 11.7. The van der Waals surface area contributed by atoms with E-state index in [9.17, 15) is 0 Å². The van der Waals surface area contributed by atoms with E-state index in [4.69, 9.17) is 18.9 Å². The highest BCUT2D eigenvalue weighted by Crippen LogP contribution is 2.14. The summed E-state index contributed by atoms with van der Waals surface area (Å²) in [7, 11) is 5.07. The molecule has 156 valence electrons. The molecule has 0 N–H and O–H groups in total. The first-order valence-electron chi connectivity index (χ1n) is 10.7. The largest absolute Gasteiger partial charge is 0.476 e. The number of hydrogen-bond donors (Lipinski definition) is 0. The van der Waals surface area contributed by atoms with Gasteiger partial charge in [0.25, 0.3) is 0 Å². The Labute approximate surface area is 162 Å². The SMILES string of the molecule is COCOC=CCCCCCCCCCCCCCCCC(OC)OC. The molecule has 0 aliphatic carbocycles. The minimum Gasteiger partial charge on any atom is -0.476 e. The number of unbranched alkanes of at least 4 members (excludes halogenated alkanes) is 13. The molecule has 0 atom stereocenters. The Morgan fingerprint density at radius 3 is 1.54 bits per heavy atom. The number of methoxy groups -OCH3 is 3. The smallest absolute Gasteiger partial charge is 0.187 e. The van der Waals surface area contributed by atoms with Gasteiger partial charge in [0.2, 0.25) is 0 Å². The molecule has 4 heteroatoms. The summed E-state index contributed by atoms with van der Waals surface area (Å²) < 4.78 is 20.3. The molecule has 0 saturated carbocycles. The lowest BCUT2D eigenvalue weighted by atomic mass is 10.0. The highest BCUT2D eigenvalue weighted by molar-refractivity contribution is 4.72. The Bertz CT molecular complexity index is 277. The standard InChI is InChI=1S/C22H44O4/c1-23-21-26-20-18-16-14-12-10-8-6-4-5-7-9-11-13-15-17-19-22(24-2)25-3/h18,20,22H,4-17,19,21H2,1-3H3. The molecule has 0 aromatic rings. The summed E-state index contributed by atoms with van der Waals surface area (Å²) in [6.45, 7) is 0.347. The molecule has 0 heterocycles. The molecule has 26 heavy (non-hydrogen) atoms. The zero-order valence-corrected chi connectivity index (χ0v) is 17.7. The van der Waals surface area contributed by atoms with E-state index in [-0.39, 0.29) is 6.29 Å². The van der Waals surface area contributed by atoms with Crippen molar-refractivity contribution in [3.8, 4) is 0 Å². The molecule has 0 spiro atoms. The molecule has 0 aliphatic rings. The summed E-state index contributed by atoms with van der Waals surface area (Å²) in [5.41, 5.74) is 0. The minimum absolute atomic E-state index is 0.0126. The summed E-state index contributed by atoms with van der Waals surface area (Å²) in [4.78, 5) is 0. The average molecular weight is 373 g/mol. The molecule has 0 rings (SSSR count). The molecule has 0 aromatic carbocycles. The Morgan fingerprint density at radius 1 is 0.615 bits per heavy atom. The van der Waals surface area contributed by atoms with Crippen LogP contribution in [0.2, 0.25) is 0 Å². The van der Waals surface area contributed by atoms with Crippen LogP contribution in [0.15, 0.2) is 12.3 Å². The third-order valence-electron chi connectivity index (χ3n) is 4.71. The lowest BCUT2D eigenvalue weighted by molar-refractivity contribution is -0.107. The molecular formula is C22H44O4. The number of ether oxygens (including phenoxy) is 4. The maximum atomic E-state index is 5.20. The van der Waals surface area contributed by atoms with Crippen LogP contribution in [0.25, 0.3) is 0 Å². The monoisotopic (exact) mass is 372 g/mol. The fourth-order valence-corrected chi connectivity index (χ4v) is 3.09. The van der Waals surface area contributed by atoms with Crippen molar-refractivity contribution < 1.29 is 18.9 Å². The molecule has 4 nitrogen and oxygen atoms in total. The summed E-state index contributed by atoms with van der Waals surface area (Å²) in [6, 6.07) is 0. The van der Waals surface area contributed by atoms with Gasteiger partial charge in [-0.25, -0.2) is 0 Å². The van der Waals surface area contributed by atoms with Crippen molar-refractivity contribution in [1.29, 1.82) is 0 Å². The van der Waals surface area contributed by atoms with E-state index in [0.29, 0.717) is 6.79 Å². The van der Waals surface area contributed by atoms with Gasteiger partial charge in [0.15, 0.2) is 13.1 Å². The van der Waals surface area contributed by atoms with Gasteiger partial charge < -0.3 is 18.9 Å². The third-order valence-corrected chi connectivity index (χ3v) is 4.71. The van der Waals surface area contributed by atoms with Gasteiger partial charge in [-0.3, -0.25) is 0 Å². The predicted molar refractivity (Wildman–Crippen MR) is 109 cm³/mol. The molecule has 0 radical (unpaired) electrons. The first-order valence-corrected chi connectivity index (χ1v) is 10.7. The lowest BCUT2D eigenvalue weighted by Crippen LogP contribution is -2.12. The molecule has 0 amide bonds. The second kappa shape index (κ2) is 22.5. The van der Waals surface area contributed by atoms with Crippen LogP contribution in [0.1, 0.15) is 96.3 Å². The Morgan fingerprint density at radius 2 is 1.08 bits per heavy atom. The van der Waals surface area contributed by atoms with Crippen LogP contribution >= 0.6 is 0 Å². The summed E-state index contributed by atoms with van der Waals surface area (Å²) in [6.07, 6.45) is 23.6. The zero-order valence-electron chi connectivity index (χ0n) is 17.7. The molecular weight excluding hydrogens is 328 g/mol. The first-order chi connectivity index (χ1) is 12.8. The number of hydrogen-bond acceptors (Lipinski definition) is 4. The van der Waals surface area contributed by atoms with Crippen molar-refractivity contribution >= 4 is 0 Å². The molecule has 0 bridgehead atoms. The van der Waals surface area contributed by atoms with E-state index >= 15 is 0 Å². The van der Waals surface area contributed by atoms with Crippen LogP contribution < -0.4 is 0 Å². The number of rotatable bonds is 21. The Balaban J connectivity index is 3.08. The quantitative estimate of drug-likeness (QED) is 0.129. The number of allylic oxidation sites excluding steroid dienone is 1. The van der Waals surface area contributed by atoms with E-state index in [0.717, 1.165) is 12.8 Å². The summed E-state index contributed by atoms with van der Waals surface area (Å²) in [5, 5.41) is 0. The molecule has 0 unspecified atom stereocenters. The van der Waals surface area contributed by atoms with Crippen molar-refractivity contribution in [3.05, 3.63) is 12.3 Å². The van der Waals surface area contributed by atoms with Crippen molar-refractivity contribution in [1.82, 2.24) is 0 Å². The van der Waals surface area contributed by atoms with Crippen molar-refractivity contribution in [2.24, 2.45) is 0 Å². The van der Waals surface area contributed by atoms with Crippen LogP contribution in [0.5, 0.6) is 0 Å². The van der Waals surface area contributed by atoms with Gasteiger partial charge in [0.05, 0.1) is 6.26 Å². The van der Waals surface area contributed by atoms with Crippen LogP contribution in [-0.4, -0.2) is 34.4 Å². The first kappa shape index (κ1) is 25.4. The molecule has 0 fully saturated rings. The van der Waals surface area contributed by atoms with Gasteiger partial charge in [-0.05, 0) is 31.8 Å². The topological polar surface area (TPSA) is 36.9 Å². The maximum Gasteiger partial charge on any atom is 0.187 e. The van der Waals surface area contributed by atoms with Gasteiger partial charge in [0.1, 0.15) is 0 Å². The van der Waals surface area contributed by atoms with Gasteiger partial charge in [-0.1, -0.05) is 70.6 Å². The lowest BCUT2D eigenvalue weighted by Gasteiger charge is -2.12. The third kappa shape index (κ3) is 19.7. The van der Waals surface area contributed by atoms with Crippen molar-refractivity contribution in [3.63, 3.8) is 0 Å². The van der Waals surface area contributed by atoms with Crippen LogP contribution in [0.4, 0.5) is 0 Å². The van der Waals surface area contributed by atoms with E-state index in [1.54, 1.807) is 27.6 Å². The Hall–Kier alpha value is -0.580.